The highest BCUT2D eigenvalue weighted by atomic mass is 16.6. The van der Waals surface area contributed by atoms with Crippen molar-refractivity contribution in [2.75, 3.05) is 137 Å². The Morgan fingerprint density at radius 2 is 0.404 bits per heavy atom. The van der Waals surface area contributed by atoms with E-state index >= 15 is 9.59 Å². The van der Waals surface area contributed by atoms with Gasteiger partial charge in [-0.15, -0.1) is 0 Å². The fourth-order valence-electron chi connectivity index (χ4n) is 10.1. The first kappa shape index (κ1) is 102. The molecule has 3 N–H and O–H groups in total. The van der Waals surface area contributed by atoms with Crippen LogP contribution in [0.2, 0.25) is 0 Å². The predicted octanol–water partition coefficient (Wildman–Crippen LogP) is 4.57. The topological polar surface area (TPSA) is 381 Å². The second-order valence-corrected chi connectivity index (χ2v) is 36.8. The number of rotatable bonds is 42. The molecular weight excluding hydrogens is 1420 g/mol. The summed E-state index contributed by atoms with van der Waals surface area (Å²) in [6, 6.07) is -3.12. The number of nitrogens with one attached hydrogen (secondary N) is 2. The summed E-state index contributed by atoms with van der Waals surface area (Å²) in [6.45, 7) is 40.4. The number of amides is 2. The highest BCUT2D eigenvalue weighted by Crippen LogP contribution is 2.20. The number of carbonyl (C=O) groups excluding carboxylic acids is 12. The fraction of sp³-hybridized carbons (Fsp3) is 0.829. The third-order valence-electron chi connectivity index (χ3n) is 13.3. The molecule has 1 unspecified atom stereocenters. The van der Waals surface area contributed by atoms with Crippen LogP contribution in [0.4, 0.5) is 0 Å². The van der Waals surface area contributed by atoms with Crippen molar-refractivity contribution >= 4 is 77.5 Å². The summed E-state index contributed by atoms with van der Waals surface area (Å²) in [5.41, 5.74) is -9.94. The molecule has 0 aromatic carbocycles. The highest BCUT2D eigenvalue weighted by molar-refractivity contribution is 5.86. The summed E-state index contributed by atoms with van der Waals surface area (Å²) in [7, 11) is 0. The summed E-state index contributed by atoms with van der Waals surface area (Å²) in [6.07, 6.45) is 0. The number of ether oxygens (including phenoxy) is 10. The molecule has 0 fully saturated rings. The first-order valence-corrected chi connectivity index (χ1v) is 37.0. The number of esters is 10. The number of carbonyl (C=O) groups is 13. The quantitative estimate of drug-likeness (QED) is 0.0556. The van der Waals surface area contributed by atoms with Crippen LogP contribution in [0.15, 0.2) is 0 Å². The number of carboxylic acids is 1. The van der Waals surface area contributed by atoms with Crippen molar-refractivity contribution < 1.29 is 115 Å². The van der Waals surface area contributed by atoms with Crippen LogP contribution in [-0.2, 0) is 110 Å². The molecule has 2 amide bonds. The number of hydrogen-bond donors (Lipinski definition) is 3. The van der Waals surface area contributed by atoms with Crippen molar-refractivity contribution in [2.24, 2.45) is 0 Å². The van der Waals surface area contributed by atoms with Gasteiger partial charge in [0.05, 0.1) is 72.0 Å². The summed E-state index contributed by atoms with van der Waals surface area (Å²) in [4.78, 5) is 190. The molecule has 630 valence electrons. The van der Waals surface area contributed by atoms with Gasteiger partial charge in [-0.05, 0) is 208 Å². The first-order chi connectivity index (χ1) is 48.9. The number of hydrogen-bond acceptors (Lipinski definition) is 30. The molecule has 0 aromatic heterocycles. The van der Waals surface area contributed by atoms with Gasteiger partial charge in [-0.3, -0.25) is 96.6 Å². The fourth-order valence-corrected chi connectivity index (χ4v) is 10.1. The molecule has 0 saturated carbocycles. The van der Waals surface area contributed by atoms with Crippen LogP contribution in [0.1, 0.15) is 208 Å². The molecule has 2 atom stereocenters. The lowest BCUT2D eigenvalue weighted by Crippen LogP contribution is -2.58. The maximum atomic E-state index is 15.2. The van der Waals surface area contributed by atoms with E-state index < -0.39 is 231 Å². The number of nitrogens with zero attached hydrogens (tertiary/aromatic N) is 7. The van der Waals surface area contributed by atoms with Crippen LogP contribution in [0, 0.1) is 0 Å². The van der Waals surface area contributed by atoms with E-state index in [1.807, 2.05) is 0 Å². The second kappa shape index (κ2) is 43.6. The molecule has 0 radical (unpaired) electrons. The van der Waals surface area contributed by atoms with Gasteiger partial charge >= 0.3 is 65.7 Å². The van der Waals surface area contributed by atoms with Crippen molar-refractivity contribution in [3.63, 3.8) is 0 Å². The van der Waals surface area contributed by atoms with E-state index in [2.05, 4.69) is 10.6 Å². The smallest absolute Gasteiger partial charge is 0.320 e. The molecule has 0 aromatic rings. The predicted molar refractivity (Wildman–Crippen MR) is 405 cm³/mol. The molecule has 0 bridgehead atoms. The van der Waals surface area contributed by atoms with Crippen molar-refractivity contribution in [3.05, 3.63) is 0 Å². The van der Waals surface area contributed by atoms with E-state index in [1.54, 1.807) is 208 Å². The van der Waals surface area contributed by atoms with E-state index in [9.17, 15) is 57.8 Å². The van der Waals surface area contributed by atoms with Gasteiger partial charge in [0.15, 0.2) is 0 Å². The van der Waals surface area contributed by atoms with Crippen LogP contribution >= 0.6 is 0 Å². The van der Waals surface area contributed by atoms with Gasteiger partial charge in [0.2, 0.25) is 11.8 Å². The molecule has 0 spiro atoms. The van der Waals surface area contributed by atoms with E-state index in [1.165, 1.54) is 34.3 Å². The van der Waals surface area contributed by atoms with Gasteiger partial charge in [0.1, 0.15) is 68.1 Å². The third kappa shape index (κ3) is 55.8. The lowest BCUT2D eigenvalue weighted by atomic mass is 10.1. The minimum absolute atomic E-state index is 0.140. The maximum absolute atomic E-state index is 15.2. The molecule has 109 heavy (non-hydrogen) atoms. The van der Waals surface area contributed by atoms with Crippen LogP contribution < -0.4 is 10.6 Å². The molecule has 0 aliphatic rings. The van der Waals surface area contributed by atoms with Crippen LogP contribution in [0.5, 0.6) is 0 Å². The van der Waals surface area contributed by atoms with Gasteiger partial charge < -0.3 is 63.1 Å². The van der Waals surface area contributed by atoms with Crippen molar-refractivity contribution in [1.29, 1.82) is 0 Å². The molecule has 33 nitrogen and oxygen atoms in total. The average Bonchev–Trinajstić information content (AvgIpc) is 0.843. The zero-order chi connectivity index (χ0) is 85.0. The molecule has 0 aliphatic carbocycles. The van der Waals surface area contributed by atoms with Crippen LogP contribution in [0.3, 0.4) is 0 Å². The molecule has 0 heterocycles. The average molecular weight is 1560 g/mol. The molecule has 0 rings (SSSR count). The van der Waals surface area contributed by atoms with E-state index in [0.717, 1.165) is 0 Å². The van der Waals surface area contributed by atoms with Gasteiger partial charge in [0.25, 0.3) is 0 Å². The largest absolute Gasteiger partial charge is 0.480 e. The van der Waals surface area contributed by atoms with Crippen molar-refractivity contribution in [2.45, 2.75) is 276 Å². The molecule has 0 aliphatic heterocycles. The number of aliphatic carboxylic acids is 1. The summed E-state index contributed by atoms with van der Waals surface area (Å²) >= 11 is 0. The monoisotopic (exact) mass is 1560 g/mol. The van der Waals surface area contributed by atoms with Crippen LogP contribution in [-0.4, -0.2) is 322 Å². The molecular formula is C76H137N9O24. The molecule has 0 saturated heterocycles. The Morgan fingerprint density at radius 1 is 0.239 bits per heavy atom. The Balaban J connectivity index is 8.30. The maximum Gasteiger partial charge on any atom is 0.320 e. The Bertz CT molecular complexity index is 2690. The van der Waals surface area contributed by atoms with Gasteiger partial charge in [-0.1, -0.05) is 0 Å². The standard InChI is InChI=1S/C76H137N9O24/c1-67(2,3)100-55(88)42-80(35-37-82(44-57(90)102-69(7,8)9)45-58(91)103-70(10,11)12)39-52(84(48-61(94)106-73(19,20)21)49-62(95)107-74(22,23)24)65(98)77-31-33-79(41-54(86)87)34-32-78-66(99)53(85(50-63(96)108-75(25,26)27)51-64(97)109-76(28,29)30)40-81(43-56(89)101-68(4,5)6)36-38-83(46-59(92)104-71(13,14)15)47-60(93)105-72(16,17)18/h52-53H,31-51H2,1-30H3,(H,77,98)(H,78,99)(H,86,87)/t52-,53?/m1/s1. The number of carboxylic acid groups (broad SMARTS) is 1. The lowest BCUT2D eigenvalue weighted by molar-refractivity contribution is -0.164. The van der Waals surface area contributed by atoms with Crippen LogP contribution in [0.25, 0.3) is 0 Å². The van der Waals surface area contributed by atoms with Gasteiger partial charge in [-0.25, -0.2) is 0 Å². The van der Waals surface area contributed by atoms with E-state index in [-0.39, 0.29) is 52.4 Å². The minimum Gasteiger partial charge on any atom is -0.480 e. The highest BCUT2D eigenvalue weighted by Gasteiger charge is 2.39. The Morgan fingerprint density at radius 3 is 0.578 bits per heavy atom. The van der Waals surface area contributed by atoms with Gasteiger partial charge in [-0.2, -0.15) is 0 Å². The second-order valence-electron chi connectivity index (χ2n) is 36.8. The Hall–Kier alpha value is -7.17. The first-order valence-electron chi connectivity index (χ1n) is 37.0. The summed E-state index contributed by atoms with van der Waals surface area (Å²) < 4.78 is 56.8. The van der Waals surface area contributed by atoms with Crippen molar-refractivity contribution in [1.82, 2.24) is 44.9 Å². The normalized spacial score (nSPS) is 13.6. The Labute approximate surface area is 648 Å². The molecule has 33 heteroatoms. The van der Waals surface area contributed by atoms with Gasteiger partial charge in [0, 0.05) is 65.4 Å². The summed E-state index contributed by atoms with van der Waals surface area (Å²) in [5.74, 6) is -10.8. The Kier molecular flexibility index (Phi) is 40.7. The minimum atomic E-state index is -1.56. The third-order valence-corrected chi connectivity index (χ3v) is 13.3. The summed E-state index contributed by atoms with van der Waals surface area (Å²) in [5, 5.41) is 15.9. The van der Waals surface area contributed by atoms with E-state index in [4.69, 9.17) is 47.4 Å². The zero-order valence-electron chi connectivity index (χ0n) is 71.5. The van der Waals surface area contributed by atoms with E-state index in [0.29, 0.717) is 0 Å². The lowest BCUT2D eigenvalue weighted by Gasteiger charge is -2.36. The SMILES string of the molecule is CC(C)(C)OC(=O)CN(CCN(CC(=O)OC(C)(C)C)CC(C(=O)NCCN(CCNC(=O)[C@@H](CN(CCN(CC(=O)OC(C)(C)C)CC(=O)OC(C)(C)C)CC(=O)OC(C)(C)C)N(CC(=O)OC(C)(C)C)CC(=O)OC(C)(C)C)CC(=O)O)N(CC(=O)OC(C)(C)C)CC(=O)OC(C)(C)C)CC(=O)OC(C)(C)C. The zero-order valence-corrected chi connectivity index (χ0v) is 71.5. The van der Waals surface area contributed by atoms with Crippen molar-refractivity contribution in [3.8, 4) is 0 Å².